The number of fused-ring (bicyclic) bond motifs is 2. The van der Waals surface area contributed by atoms with Gasteiger partial charge in [-0.3, -0.25) is 0 Å². The normalized spacial score (nSPS) is 25.9. The van der Waals surface area contributed by atoms with Gasteiger partial charge >= 0.3 is 0 Å². The van der Waals surface area contributed by atoms with Crippen molar-refractivity contribution < 1.29 is 0 Å². The van der Waals surface area contributed by atoms with Crippen molar-refractivity contribution in [3.63, 3.8) is 0 Å². The van der Waals surface area contributed by atoms with Gasteiger partial charge in [0.15, 0.2) is 0 Å². The van der Waals surface area contributed by atoms with Gasteiger partial charge in [0.1, 0.15) is 0 Å². The van der Waals surface area contributed by atoms with Gasteiger partial charge in [0, 0.05) is 15.4 Å². The lowest BCUT2D eigenvalue weighted by atomic mass is 9.89. The molecular weight excluding hydrogens is 292 g/mol. The van der Waals surface area contributed by atoms with E-state index in [1.165, 1.54) is 36.4 Å². The number of benzene rings is 2. The molecule has 2 aromatic rings. The Labute approximate surface area is 142 Å². The number of hydrogen-bond donors (Lipinski definition) is 0. The summed E-state index contributed by atoms with van der Waals surface area (Å²) in [7, 11) is 0.0559. The Morgan fingerprint density at radius 1 is 0.826 bits per heavy atom. The van der Waals surface area contributed by atoms with Crippen molar-refractivity contribution in [3.05, 3.63) is 83.9 Å². The van der Waals surface area contributed by atoms with Crippen molar-refractivity contribution in [2.75, 3.05) is 0 Å². The largest absolute Gasteiger partial charge is 0.0851 e. The molecule has 0 aliphatic heterocycles. The minimum absolute atomic E-state index is 0.0559. The third-order valence-electron chi connectivity index (χ3n) is 5.89. The van der Waals surface area contributed by atoms with E-state index < -0.39 is 0 Å². The van der Waals surface area contributed by atoms with E-state index in [0.29, 0.717) is 5.92 Å². The van der Waals surface area contributed by atoms with Gasteiger partial charge in [-0.1, -0.05) is 78.9 Å². The lowest BCUT2D eigenvalue weighted by Crippen LogP contribution is -2.10. The first kappa shape index (κ1) is 15.0. The van der Waals surface area contributed by atoms with Gasteiger partial charge in [0.05, 0.1) is 0 Å². The molecule has 3 atom stereocenters. The monoisotopic (exact) mass is 318 g/mol. The van der Waals surface area contributed by atoms with E-state index in [1.54, 1.807) is 0 Å². The molecule has 2 aromatic carbocycles. The highest BCUT2D eigenvalue weighted by Gasteiger charge is 2.35. The molecule has 0 nitrogen and oxygen atoms in total. The van der Waals surface area contributed by atoms with Gasteiger partial charge in [-0.15, -0.1) is 0 Å². The smallest absolute Gasteiger partial charge is 0.0240 e. The van der Waals surface area contributed by atoms with Crippen LogP contribution in [0.5, 0.6) is 0 Å². The molecule has 0 saturated heterocycles. The third kappa shape index (κ3) is 3.35. The summed E-state index contributed by atoms with van der Waals surface area (Å²) in [6.45, 7) is 0. The van der Waals surface area contributed by atoms with Crippen LogP contribution in [-0.4, -0.2) is 9.52 Å². The molecule has 4 rings (SSSR count). The fourth-order valence-corrected chi connectivity index (χ4v) is 7.32. The van der Waals surface area contributed by atoms with Gasteiger partial charge in [-0.05, 0) is 47.8 Å². The number of hydrogen-bond acceptors (Lipinski definition) is 0. The second-order valence-electron chi connectivity index (χ2n) is 7.35. The van der Waals surface area contributed by atoms with Crippen LogP contribution >= 0.6 is 0 Å². The highest BCUT2D eigenvalue weighted by atomic mass is 28.2. The van der Waals surface area contributed by atoms with Crippen LogP contribution in [0, 0.1) is 11.8 Å². The molecule has 0 aromatic heterocycles. The second-order valence-corrected chi connectivity index (χ2v) is 9.68. The number of rotatable bonds is 6. The van der Waals surface area contributed by atoms with Crippen LogP contribution in [0.4, 0.5) is 0 Å². The summed E-state index contributed by atoms with van der Waals surface area (Å²) in [4.78, 5) is 0. The maximum Gasteiger partial charge on any atom is 0.0240 e. The summed E-state index contributed by atoms with van der Waals surface area (Å²) in [6.07, 6.45) is 9.31. The molecule has 2 aliphatic rings. The average molecular weight is 319 g/mol. The molecule has 2 aliphatic carbocycles. The minimum atomic E-state index is 0.0559. The van der Waals surface area contributed by atoms with E-state index in [0.717, 1.165) is 17.4 Å². The maximum atomic E-state index is 2.53. The van der Waals surface area contributed by atoms with Gasteiger partial charge in [0.2, 0.25) is 0 Å². The predicted octanol–water partition coefficient (Wildman–Crippen LogP) is 5.18. The lowest BCUT2D eigenvalue weighted by molar-refractivity contribution is 0.680. The molecule has 3 unspecified atom stereocenters. The Balaban J connectivity index is 1.43. The van der Waals surface area contributed by atoms with Gasteiger partial charge < -0.3 is 0 Å². The van der Waals surface area contributed by atoms with Crippen LogP contribution in [0.15, 0.2) is 72.8 Å². The zero-order valence-corrected chi connectivity index (χ0v) is 15.2. The van der Waals surface area contributed by atoms with Crippen LogP contribution < -0.4 is 0 Å². The summed E-state index contributed by atoms with van der Waals surface area (Å²) in [6, 6.07) is 23.7. The van der Waals surface area contributed by atoms with Crippen molar-refractivity contribution in [2.45, 2.75) is 36.8 Å². The molecule has 0 amide bonds. The average Bonchev–Trinajstić information content (AvgIpc) is 3.23. The maximum absolute atomic E-state index is 2.53. The third-order valence-corrected chi connectivity index (χ3v) is 8.38. The summed E-state index contributed by atoms with van der Waals surface area (Å²) < 4.78 is 0. The van der Waals surface area contributed by atoms with Crippen molar-refractivity contribution in [3.8, 4) is 0 Å². The molecule has 1 heteroatoms. The Hall–Kier alpha value is -1.60. The molecule has 2 bridgehead atoms. The van der Waals surface area contributed by atoms with Crippen LogP contribution in [0.3, 0.4) is 0 Å². The Morgan fingerprint density at radius 3 is 2.00 bits per heavy atom. The number of allylic oxidation sites excluding steroid dienone is 2. The summed E-state index contributed by atoms with van der Waals surface area (Å²) in [5.41, 5.74) is 4.07. The molecule has 118 valence electrons. The molecule has 1 saturated carbocycles. The topological polar surface area (TPSA) is 0 Å². The quantitative estimate of drug-likeness (QED) is 0.508. The van der Waals surface area contributed by atoms with E-state index in [2.05, 4.69) is 72.8 Å². The van der Waals surface area contributed by atoms with Crippen LogP contribution in [0.2, 0.25) is 11.6 Å². The van der Waals surface area contributed by atoms with Crippen molar-refractivity contribution in [1.82, 2.24) is 0 Å². The minimum Gasteiger partial charge on any atom is -0.0851 e. The van der Waals surface area contributed by atoms with Crippen molar-refractivity contribution in [1.29, 1.82) is 0 Å². The standard InChI is InChI=1S/C22H26Si/c1-3-7-18(8-4-1)21(19-9-5-2-6-10-19)13-14-23-22-16-17-11-12-20(22)15-17/h1-12,17,20-22H,13-16,23H2. The van der Waals surface area contributed by atoms with E-state index >= 15 is 0 Å². The van der Waals surface area contributed by atoms with Crippen LogP contribution in [0.25, 0.3) is 0 Å². The zero-order valence-electron chi connectivity index (χ0n) is 13.8. The van der Waals surface area contributed by atoms with Crippen molar-refractivity contribution in [2.24, 2.45) is 11.8 Å². The van der Waals surface area contributed by atoms with E-state index in [4.69, 9.17) is 0 Å². The first-order chi connectivity index (χ1) is 11.4. The molecule has 0 radical (unpaired) electrons. The first-order valence-electron chi connectivity index (χ1n) is 9.18. The first-order valence-corrected chi connectivity index (χ1v) is 11.0. The highest BCUT2D eigenvalue weighted by molar-refractivity contribution is 6.37. The Morgan fingerprint density at radius 2 is 1.48 bits per heavy atom. The van der Waals surface area contributed by atoms with Crippen LogP contribution in [-0.2, 0) is 0 Å². The van der Waals surface area contributed by atoms with E-state index in [9.17, 15) is 0 Å². The van der Waals surface area contributed by atoms with Gasteiger partial charge in [-0.2, -0.15) is 0 Å². The molecule has 0 N–H and O–H groups in total. The van der Waals surface area contributed by atoms with Crippen molar-refractivity contribution >= 4 is 9.52 Å². The van der Waals surface area contributed by atoms with Crippen LogP contribution in [0.1, 0.15) is 36.3 Å². The predicted molar refractivity (Wildman–Crippen MR) is 102 cm³/mol. The lowest BCUT2D eigenvalue weighted by Gasteiger charge is -2.21. The van der Waals surface area contributed by atoms with E-state index in [-0.39, 0.29) is 9.52 Å². The SMILES string of the molecule is C1=CC2CC1CC2[SiH2]CCC(c1ccccc1)c1ccccc1. The molecular formula is C22H26Si. The Kier molecular flexibility index (Phi) is 4.47. The molecule has 23 heavy (non-hydrogen) atoms. The summed E-state index contributed by atoms with van der Waals surface area (Å²) in [5.74, 6) is 2.48. The molecule has 0 heterocycles. The fourth-order valence-electron chi connectivity index (χ4n) is 4.71. The fraction of sp³-hybridized carbons (Fsp3) is 0.364. The summed E-state index contributed by atoms with van der Waals surface area (Å²) >= 11 is 0. The second kappa shape index (κ2) is 6.88. The highest BCUT2D eigenvalue weighted by Crippen LogP contribution is 2.47. The van der Waals surface area contributed by atoms with Gasteiger partial charge in [0.25, 0.3) is 0 Å². The van der Waals surface area contributed by atoms with E-state index in [1.807, 2.05) is 0 Å². The molecule has 0 spiro atoms. The molecule has 1 fully saturated rings. The Bertz CT molecular complexity index is 607. The van der Waals surface area contributed by atoms with Gasteiger partial charge in [-0.25, -0.2) is 0 Å². The summed E-state index contributed by atoms with van der Waals surface area (Å²) in [5, 5.41) is 0. The zero-order chi connectivity index (χ0) is 15.5.